The molecule has 10 atom stereocenters. The first-order valence-corrected chi connectivity index (χ1v) is 13.9. The third-order valence-corrected chi connectivity index (χ3v) is 13.2. The van der Waals surface area contributed by atoms with Crippen molar-refractivity contribution < 1.29 is 15.0 Å². The molecule has 3 nitrogen and oxygen atoms in total. The Labute approximate surface area is 201 Å². The molecule has 0 aromatic heterocycles. The van der Waals surface area contributed by atoms with Crippen molar-refractivity contribution >= 4 is 5.97 Å². The molecule has 0 heterocycles. The minimum Gasteiger partial charge on any atom is -0.481 e. The summed E-state index contributed by atoms with van der Waals surface area (Å²) in [7, 11) is 0. The van der Waals surface area contributed by atoms with Crippen LogP contribution in [0.1, 0.15) is 106 Å². The molecule has 2 N–H and O–H groups in total. The van der Waals surface area contributed by atoms with Gasteiger partial charge < -0.3 is 10.2 Å². The Morgan fingerprint density at radius 2 is 1.61 bits per heavy atom. The lowest BCUT2D eigenvalue weighted by atomic mass is 9.33. The SMILES string of the molecule is C[C@H]1[C@H](C)CC[C@]2(C)CC[C@]3(C(=O)O)C(=CC[C@@H]4[C@@]5(C)CCC(O)C(C)(C)C5CC[C@]43C)[C@H]12. The molecule has 0 spiro atoms. The van der Waals surface area contributed by atoms with Crippen LogP contribution in [-0.2, 0) is 4.79 Å². The van der Waals surface area contributed by atoms with Gasteiger partial charge in [0.25, 0.3) is 0 Å². The topological polar surface area (TPSA) is 57.5 Å². The number of aliphatic carboxylic acids is 1. The van der Waals surface area contributed by atoms with Crippen LogP contribution in [0.15, 0.2) is 11.6 Å². The summed E-state index contributed by atoms with van der Waals surface area (Å²) < 4.78 is 0. The van der Waals surface area contributed by atoms with Gasteiger partial charge in [-0.3, -0.25) is 4.79 Å². The number of rotatable bonds is 1. The van der Waals surface area contributed by atoms with Gasteiger partial charge in [0.1, 0.15) is 0 Å². The van der Waals surface area contributed by atoms with Gasteiger partial charge in [-0.25, -0.2) is 0 Å². The second kappa shape index (κ2) is 7.11. The summed E-state index contributed by atoms with van der Waals surface area (Å²) in [6.07, 6.45) is 11.5. The zero-order valence-corrected chi connectivity index (χ0v) is 22.2. The van der Waals surface area contributed by atoms with Crippen molar-refractivity contribution in [2.75, 3.05) is 0 Å². The van der Waals surface area contributed by atoms with Crippen molar-refractivity contribution in [3.63, 3.8) is 0 Å². The van der Waals surface area contributed by atoms with Crippen molar-refractivity contribution in [1.82, 2.24) is 0 Å². The van der Waals surface area contributed by atoms with Gasteiger partial charge in [0, 0.05) is 0 Å². The molecule has 2 unspecified atom stereocenters. The highest BCUT2D eigenvalue weighted by Gasteiger charge is 2.71. The predicted molar refractivity (Wildman–Crippen MR) is 133 cm³/mol. The Morgan fingerprint density at radius 1 is 0.909 bits per heavy atom. The Morgan fingerprint density at radius 3 is 2.27 bits per heavy atom. The van der Waals surface area contributed by atoms with E-state index in [1.165, 1.54) is 18.4 Å². The molecule has 0 aromatic carbocycles. The second-order valence-corrected chi connectivity index (χ2v) is 14.6. The number of fused-ring (bicyclic) bond motifs is 7. The van der Waals surface area contributed by atoms with Gasteiger partial charge >= 0.3 is 5.97 Å². The minimum atomic E-state index is -0.723. The Kier molecular flexibility index (Phi) is 5.15. The van der Waals surface area contributed by atoms with Crippen molar-refractivity contribution in [3.05, 3.63) is 11.6 Å². The van der Waals surface area contributed by atoms with E-state index in [2.05, 4.69) is 54.5 Å². The average molecular weight is 457 g/mol. The summed E-state index contributed by atoms with van der Waals surface area (Å²) in [6, 6.07) is 0. The third-order valence-electron chi connectivity index (χ3n) is 13.2. The fraction of sp³-hybridized carbons (Fsp3) is 0.900. The number of carboxylic acid groups (broad SMARTS) is 1. The zero-order valence-electron chi connectivity index (χ0n) is 22.2. The smallest absolute Gasteiger partial charge is 0.314 e. The summed E-state index contributed by atoms with van der Waals surface area (Å²) in [5.74, 6) is 1.88. The largest absolute Gasteiger partial charge is 0.481 e. The van der Waals surface area contributed by atoms with Crippen LogP contribution in [0.4, 0.5) is 0 Å². The van der Waals surface area contributed by atoms with Gasteiger partial charge in [-0.1, -0.05) is 60.1 Å². The van der Waals surface area contributed by atoms with E-state index in [1.54, 1.807) is 0 Å². The van der Waals surface area contributed by atoms with Crippen LogP contribution >= 0.6 is 0 Å². The lowest BCUT2D eigenvalue weighted by Crippen LogP contribution is -2.67. The molecule has 0 aromatic rings. The van der Waals surface area contributed by atoms with Crippen molar-refractivity contribution in [1.29, 1.82) is 0 Å². The van der Waals surface area contributed by atoms with Crippen LogP contribution < -0.4 is 0 Å². The lowest BCUT2D eigenvalue weighted by molar-refractivity contribution is -0.214. The van der Waals surface area contributed by atoms with E-state index in [-0.39, 0.29) is 27.8 Å². The molecule has 33 heavy (non-hydrogen) atoms. The molecule has 4 saturated carbocycles. The van der Waals surface area contributed by atoms with E-state index in [4.69, 9.17) is 0 Å². The van der Waals surface area contributed by atoms with E-state index >= 15 is 0 Å². The molecule has 0 saturated heterocycles. The van der Waals surface area contributed by atoms with Crippen LogP contribution in [0.3, 0.4) is 0 Å². The van der Waals surface area contributed by atoms with E-state index in [0.29, 0.717) is 29.6 Å². The maximum atomic E-state index is 13.5. The van der Waals surface area contributed by atoms with Crippen LogP contribution in [0.2, 0.25) is 0 Å². The van der Waals surface area contributed by atoms with Gasteiger partial charge in [0.2, 0.25) is 0 Å². The van der Waals surface area contributed by atoms with Gasteiger partial charge in [0.15, 0.2) is 0 Å². The summed E-state index contributed by atoms with van der Waals surface area (Å²) in [6.45, 7) is 16.6. The summed E-state index contributed by atoms with van der Waals surface area (Å²) >= 11 is 0. The van der Waals surface area contributed by atoms with E-state index < -0.39 is 11.4 Å². The summed E-state index contributed by atoms with van der Waals surface area (Å²) in [5, 5.41) is 22.0. The monoisotopic (exact) mass is 456 g/mol. The maximum Gasteiger partial charge on any atom is 0.314 e. The predicted octanol–water partition coefficient (Wildman–Crippen LogP) is 7.09. The number of aliphatic hydroxyl groups is 1. The number of hydrogen-bond donors (Lipinski definition) is 2. The molecule has 0 radical (unpaired) electrons. The molecule has 0 aliphatic heterocycles. The minimum absolute atomic E-state index is 0.0897. The number of carboxylic acids is 1. The first kappa shape index (κ1) is 23.9. The van der Waals surface area contributed by atoms with Gasteiger partial charge in [0.05, 0.1) is 11.5 Å². The molecule has 0 bridgehead atoms. The number of aliphatic hydroxyl groups excluding tert-OH is 1. The van der Waals surface area contributed by atoms with Crippen molar-refractivity contribution in [2.45, 2.75) is 112 Å². The number of allylic oxidation sites excluding steroid dienone is 1. The van der Waals surface area contributed by atoms with Crippen LogP contribution in [0.25, 0.3) is 0 Å². The first-order valence-electron chi connectivity index (χ1n) is 13.9. The van der Waals surface area contributed by atoms with Crippen LogP contribution in [-0.4, -0.2) is 22.3 Å². The standard InChI is InChI=1S/C30H48O3/c1-18-10-13-27(5)16-17-30(25(32)33)20(24(27)19(18)2)8-9-22-28(6)14-12-23(31)26(3,4)21(28)11-15-29(22,30)7/h8,18-19,21-24,31H,9-17H2,1-7H3,(H,32,33)/t18-,19+,21?,22-,23?,24+,27-,28+,29-,30-/m1/s1. The summed E-state index contributed by atoms with van der Waals surface area (Å²) in [5.41, 5.74) is 0.615. The molecule has 4 fully saturated rings. The molecular weight excluding hydrogens is 408 g/mol. The second-order valence-electron chi connectivity index (χ2n) is 14.6. The van der Waals surface area contributed by atoms with Crippen LogP contribution in [0.5, 0.6) is 0 Å². The fourth-order valence-electron chi connectivity index (χ4n) is 11.0. The molecule has 0 amide bonds. The Bertz CT molecular complexity index is 874. The Balaban J connectivity index is 1.66. The highest BCUT2D eigenvalue weighted by Crippen LogP contribution is 2.75. The number of hydrogen-bond acceptors (Lipinski definition) is 2. The Hall–Kier alpha value is -0.830. The molecule has 5 aliphatic rings. The maximum absolute atomic E-state index is 13.5. The molecule has 186 valence electrons. The van der Waals surface area contributed by atoms with E-state index in [0.717, 1.165) is 44.9 Å². The quantitative estimate of drug-likeness (QED) is 0.414. The van der Waals surface area contributed by atoms with Gasteiger partial charge in [-0.05, 0) is 109 Å². The van der Waals surface area contributed by atoms with Gasteiger partial charge in [-0.2, -0.15) is 0 Å². The van der Waals surface area contributed by atoms with Crippen molar-refractivity contribution in [3.8, 4) is 0 Å². The first-order chi connectivity index (χ1) is 15.3. The van der Waals surface area contributed by atoms with Crippen LogP contribution in [0, 0.1) is 56.7 Å². The zero-order chi connectivity index (χ0) is 24.2. The molecular formula is C30H48O3. The van der Waals surface area contributed by atoms with Gasteiger partial charge in [-0.15, -0.1) is 0 Å². The van der Waals surface area contributed by atoms with Crippen molar-refractivity contribution in [2.24, 2.45) is 56.7 Å². The highest BCUT2D eigenvalue weighted by molar-refractivity contribution is 5.81. The third kappa shape index (κ3) is 2.75. The molecule has 3 heteroatoms. The highest BCUT2D eigenvalue weighted by atomic mass is 16.4. The average Bonchev–Trinajstić information content (AvgIpc) is 2.73. The number of carbonyl (C=O) groups is 1. The molecule has 5 aliphatic carbocycles. The molecule has 5 rings (SSSR count). The lowest BCUT2D eigenvalue weighted by Gasteiger charge is -2.70. The fourth-order valence-corrected chi connectivity index (χ4v) is 11.0. The van der Waals surface area contributed by atoms with E-state index in [9.17, 15) is 15.0 Å². The summed E-state index contributed by atoms with van der Waals surface area (Å²) in [4.78, 5) is 13.5. The normalized spacial score (nSPS) is 55.3. The van der Waals surface area contributed by atoms with E-state index in [1.807, 2.05) is 0 Å².